The second-order valence-corrected chi connectivity index (χ2v) is 6.69. The fourth-order valence-corrected chi connectivity index (χ4v) is 3.59. The predicted molar refractivity (Wildman–Crippen MR) is 77.3 cm³/mol. The zero-order valence-corrected chi connectivity index (χ0v) is 12.0. The fraction of sp³-hybridized carbons (Fsp3) is 0.333. The van der Waals surface area contributed by atoms with Crippen LogP contribution in [0.25, 0.3) is 10.6 Å². The smallest absolute Gasteiger partial charge is 0.347 e. The Kier molecular flexibility index (Phi) is 3.22. The van der Waals surface area contributed by atoms with E-state index in [1.54, 1.807) is 11.3 Å². The van der Waals surface area contributed by atoms with Gasteiger partial charge in [0.25, 0.3) is 0 Å². The van der Waals surface area contributed by atoms with Crippen LogP contribution in [0.4, 0.5) is 5.82 Å². The van der Waals surface area contributed by atoms with E-state index in [0.717, 1.165) is 51.5 Å². The lowest BCUT2D eigenvalue weighted by atomic mass is 10.1. The Morgan fingerprint density at radius 3 is 3.00 bits per heavy atom. The number of rotatable bonds is 1. The van der Waals surface area contributed by atoms with E-state index < -0.39 is 0 Å². The maximum absolute atomic E-state index is 11.6. The van der Waals surface area contributed by atoms with Crippen molar-refractivity contribution in [1.29, 1.82) is 0 Å². The Balaban J connectivity index is 2.19. The molecule has 0 fully saturated rings. The van der Waals surface area contributed by atoms with E-state index in [4.69, 9.17) is 0 Å². The van der Waals surface area contributed by atoms with Crippen molar-refractivity contribution in [2.24, 2.45) is 0 Å². The van der Waals surface area contributed by atoms with E-state index in [1.807, 2.05) is 12.1 Å². The monoisotopic (exact) mass is 325 g/mol. The van der Waals surface area contributed by atoms with Crippen LogP contribution in [0.5, 0.6) is 0 Å². The largest absolute Gasteiger partial charge is 0.370 e. The van der Waals surface area contributed by atoms with Crippen LogP contribution < -0.4 is 11.0 Å². The summed E-state index contributed by atoms with van der Waals surface area (Å²) < 4.78 is 1.06. The van der Waals surface area contributed by atoms with E-state index in [9.17, 15) is 4.79 Å². The van der Waals surface area contributed by atoms with Gasteiger partial charge < -0.3 is 10.3 Å². The summed E-state index contributed by atoms with van der Waals surface area (Å²) in [6, 6.07) is 4.01. The van der Waals surface area contributed by atoms with Gasteiger partial charge in [0.15, 0.2) is 0 Å². The minimum Gasteiger partial charge on any atom is -0.370 e. The average Bonchev–Trinajstić information content (AvgIpc) is 2.63. The highest BCUT2D eigenvalue weighted by Crippen LogP contribution is 2.34. The van der Waals surface area contributed by atoms with E-state index in [-0.39, 0.29) is 5.69 Å². The summed E-state index contributed by atoms with van der Waals surface area (Å²) in [5, 5.41) is 3.24. The van der Waals surface area contributed by atoms with Gasteiger partial charge in [-0.25, -0.2) is 4.79 Å². The Morgan fingerprint density at radius 2 is 2.22 bits per heavy atom. The molecule has 0 radical (unpaired) electrons. The maximum Gasteiger partial charge on any atom is 0.347 e. The van der Waals surface area contributed by atoms with Crippen molar-refractivity contribution in [3.63, 3.8) is 0 Å². The summed E-state index contributed by atoms with van der Waals surface area (Å²) in [7, 11) is 0. The number of nitrogens with zero attached hydrogens (tertiary/aromatic N) is 1. The topological polar surface area (TPSA) is 57.8 Å². The Hall–Kier alpha value is -1.14. The predicted octanol–water partition coefficient (Wildman–Crippen LogP) is 3.01. The molecule has 0 aromatic carbocycles. The van der Waals surface area contributed by atoms with Crippen LogP contribution in [-0.2, 0) is 6.42 Å². The van der Waals surface area contributed by atoms with Crippen LogP contribution in [0, 0.1) is 0 Å². The molecule has 3 heterocycles. The number of hydrogen-bond acceptors (Lipinski definition) is 4. The van der Waals surface area contributed by atoms with Gasteiger partial charge in [0, 0.05) is 12.1 Å². The molecule has 2 aromatic heterocycles. The number of fused-ring (bicyclic) bond motifs is 1. The fourth-order valence-electron chi connectivity index (χ4n) is 2.18. The zero-order chi connectivity index (χ0) is 12.5. The first-order valence-corrected chi connectivity index (χ1v) is 7.48. The highest BCUT2D eigenvalue weighted by molar-refractivity contribution is 9.11. The molecule has 6 heteroatoms. The number of aromatic nitrogens is 2. The molecule has 0 saturated heterocycles. The molecular formula is C12H12BrN3OS. The second kappa shape index (κ2) is 4.85. The molecule has 1 aliphatic rings. The lowest BCUT2D eigenvalue weighted by Crippen LogP contribution is -2.16. The van der Waals surface area contributed by atoms with Gasteiger partial charge in [-0.2, -0.15) is 4.98 Å². The summed E-state index contributed by atoms with van der Waals surface area (Å²) in [6.07, 6.45) is 3.18. The Labute approximate surface area is 117 Å². The molecule has 4 nitrogen and oxygen atoms in total. The lowest BCUT2D eigenvalue weighted by Gasteiger charge is -2.09. The van der Waals surface area contributed by atoms with Gasteiger partial charge in [-0.05, 0) is 47.3 Å². The van der Waals surface area contributed by atoms with Gasteiger partial charge in [0.05, 0.1) is 14.4 Å². The van der Waals surface area contributed by atoms with Crippen molar-refractivity contribution in [2.75, 3.05) is 11.9 Å². The number of thiophene rings is 1. The van der Waals surface area contributed by atoms with Crippen LogP contribution in [0.15, 0.2) is 20.7 Å². The quantitative estimate of drug-likeness (QED) is 0.847. The molecule has 0 unspecified atom stereocenters. The van der Waals surface area contributed by atoms with Gasteiger partial charge in [0.2, 0.25) is 0 Å². The third-order valence-corrected chi connectivity index (χ3v) is 4.64. The third-order valence-electron chi connectivity index (χ3n) is 3.00. The summed E-state index contributed by atoms with van der Waals surface area (Å²) in [5.74, 6) is 0.746. The normalized spacial score (nSPS) is 14.7. The SMILES string of the molecule is O=c1nc2c(c(-c3ccc(Br)s3)[nH]1)CCCCN2. The van der Waals surface area contributed by atoms with Crippen LogP contribution >= 0.6 is 27.3 Å². The molecule has 1 aliphatic heterocycles. The number of H-pyrrole nitrogens is 1. The summed E-state index contributed by atoms with van der Waals surface area (Å²) >= 11 is 5.07. The van der Waals surface area contributed by atoms with Gasteiger partial charge in [0.1, 0.15) is 5.82 Å². The van der Waals surface area contributed by atoms with E-state index in [2.05, 4.69) is 31.2 Å². The van der Waals surface area contributed by atoms with Crippen molar-refractivity contribution in [3.05, 3.63) is 32.0 Å². The second-order valence-electron chi connectivity index (χ2n) is 4.23. The highest BCUT2D eigenvalue weighted by Gasteiger charge is 2.17. The Morgan fingerprint density at radius 1 is 1.33 bits per heavy atom. The minimum absolute atomic E-state index is 0.289. The number of aromatic amines is 1. The summed E-state index contributed by atoms with van der Waals surface area (Å²) in [6.45, 7) is 0.886. The molecule has 0 spiro atoms. The van der Waals surface area contributed by atoms with Gasteiger partial charge in [-0.15, -0.1) is 11.3 Å². The molecule has 2 aromatic rings. The molecule has 94 valence electrons. The molecule has 0 saturated carbocycles. The average molecular weight is 326 g/mol. The van der Waals surface area contributed by atoms with E-state index in [1.165, 1.54) is 0 Å². The number of nitrogens with one attached hydrogen (secondary N) is 2. The zero-order valence-electron chi connectivity index (χ0n) is 9.62. The van der Waals surface area contributed by atoms with Crippen LogP contribution in [0.2, 0.25) is 0 Å². The standard InChI is InChI=1S/C12H12BrN3OS/c13-9-5-4-8(18-9)10-7-3-1-2-6-14-11(7)16-12(17)15-10/h4-5H,1-3,6H2,(H2,14,15,16,17). The van der Waals surface area contributed by atoms with Gasteiger partial charge >= 0.3 is 5.69 Å². The first-order valence-electron chi connectivity index (χ1n) is 5.87. The van der Waals surface area contributed by atoms with Crippen LogP contribution in [0.1, 0.15) is 18.4 Å². The highest BCUT2D eigenvalue weighted by atomic mass is 79.9. The third kappa shape index (κ3) is 2.22. The number of anilines is 1. The van der Waals surface area contributed by atoms with Crippen LogP contribution in [-0.4, -0.2) is 16.5 Å². The van der Waals surface area contributed by atoms with Gasteiger partial charge in [-0.1, -0.05) is 0 Å². The van der Waals surface area contributed by atoms with Crippen molar-refractivity contribution in [3.8, 4) is 10.6 Å². The first kappa shape index (κ1) is 11.9. The van der Waals surface area contributed by atoms with Gasteiger partial charge in [-0.3, -0.25) is 0 Å². The maximum atomic E-state index is 11.6. The summed E-state index contributed by atoms with van der Waals surface area (Å²) in [4.78, 5) is 19.6. The molecule has 3 rings (SSSR count). The summed E-state index contributed by atoms with van der Waals surface area (Å²) in [5.41, 5.74) is 1.75. The molecule has 0 amide bonds. The van der Waals surface area contributed by atoms with Crippen LogP contribution in [0.3, 0.4) is 0 Å². The molecule has 18 heavy (non-hydrogen) atoms. The Bertz CT molecular complexity index is 634. The van der Waals surface area contributed by atoms with Crippen molar-refractivity contribution < 1.29 is 0 Å². The van der Waals surface area contributed by atoms with E-state index in [0.29, 0.717) is 0 Å². The molecule has 0 aliphatic carbocycles. The minimum atomic E-state index is -0.289. The molecule has 2 N–H and O–H groups in total. The lowest BCUT2D eigenvalue weighted by molar-refractivity contribution is 0.785. The number of halogens is 1. The van der Waals surface area contributed by atoms with Crippen molar-refractivity contribution in [2.45, 2.75) is 19.3 Å². The molecule has 0 atom stereocenters. The molecular weight excluding hydrogens is 314 g/mol. The molecule has 0 bridgehead atoms. The van der Waals surface area contributed by atoms with E-state index >= 15 is 0 Å². The van der Waals surface area contributed by atoms with Crippen molar-refractivity contribution >= 4 is 33.1 Å². The van der Waals surface area contributed by atoms with Crippen molar-refractivity contribution in [1.82, 2.24) is 9.97 Å². The number of hydrogen-bond donors (Lipinski definition) is 2. The first-order chi connectivity index (χ1) is 8.74.